The van der Waals surface area contributed by atoms with E-state index in [-0.39, 0.29) is 12.1 Å². The van der Waals surface area contributed by atoms with Crippen molar-refractivity contribution in [2.45, 2.75) is 6.54 Å². The van der Waals surface area contributed by atoms with Crippen LogP contribution in [0.5, 0.6) is 5.75 Å². The number of nitrogens with one attached hydrogen (secondary N) is 1. The molecule has 0 saturated heterocycles. The van der Waals surface area contributed by atoms with Crippen molar-refractivity contribution in [2.75, 3.05) is 12.4 Å². The fourth-order valence-electron chi connectivity index (χ4n) is 2.23. The molecule has 3 aromatic rings. The molecule has 0 saturated carbocycles. The molecule has 0 fully saturated rings. The van der Waals surface area contributed by atoms with Gasteiger partial charge in [-0.3, -0.25) is 14.2 Å². The van der Waals surface area contributed by atoms with E-state index in [9.17, 15) is 9.59 Å². The summed E-state index contributed by atoms with van der Waals surface area (Å²) in [5, 5.41) is 3.12. The average molecular weight is 360 g/mol. The standard InChI is InChI=1S/C17H14ClN3O4/c1-24-14-5-4-11(18)7-13(14)20-16(22)9-21-10-19-12(8-17(21)23)15-3-2-6-25-15/h2-8,10H,9H2,1H3,(H,20,22). The Labute approximate surface area is 147 Å². The Hall–Kier alpha value is -3.06. The van der Waals surface area contributed by atoms with Gasteiger partial charge in [0.05, 0.1) is 25.4 Å². The van der Waals surface area contributed by atoms with Crippen LogP contribution < -0.4 is 15.6 Å². The van der Waals surface area contributed by atoms with Crippen molar-refractivity contribution in [3.05, 3.63) is 64.4 Å². The van der Waals surface area contributed by atoms with E-state index in [0.717, 1.165) is 0 Å². The SMILES string of the molecule is COc1ccc(Cl)cc1NC(=O)Cn1cnc(-c2ccco2)cc1=O. The topological polar surface area (TPSA) is 86.4 Å². The first-order chi connectivity index (χ1) is 12.1. The van der Waals surface area contributed by atoms with E-state index >= 15 is 0 Å². The molecule has 1 N–H and O–H groups in total. The molecule has 0 atom stereocenters. The molecule has 0 aliphatic heterocycles. The third kappa shape index (κ3) is 3.89. The minimum atomic E-state index is -0.407. The number of benzene rings is 1. The van der Waals surface area contributed by atoms with E-state index < -0.39 is 5.91 Å². The predicted molar refractivity (Wildman–Crippen MR) is 92.8 cm³/mol. The van der Waals surface area contributed by atoms with E-state index in [1.54, 1.807) is 30.3 Å². The van der Waals surface area contributed by atoms with E-state index in [1.807, 2.05) is 0 Å². The maximum atomic E-state index is 12.2. The molecule has 2 heterocycles. The van der Waals surface area contributed by atoms with Crippen molar-refractivity contribution in [3.63, 3.8) is 0 Å². The molecule has 8 heteroatoms. The fourth-order valence-corrected chi connectivity index (χ4v) is 2.40. The second kappa shape index (κ2) is 7.23. The largest absolute Gasteiger partial charge is 0.495 e. The summed E-state index contributed by atoms with van der Waals surface area (Å²) in [7, 11) is 1.49. The lowest BCUT2D eigenvalue weighted by Gasteiger charge is -2.11. The van der Waals surface area contributed by atoms with Gasteiger partial charge in [0.2, 0.25) is 5.91 Å². The van der Waals surface area contributed by atoms with Gasteiger partial charge in [0.25, 0.3) is 5.56 Å². The zero-order valence-corrected chi connectivity index (χ0v) is 14.0. The number of ether oxygens (including phenoxy) is 1. The Kier molecular flexibility index (Phi) is 4.85. The number of amides is 1. The molecule has 0 spiro atoms. The molecule has 0 unspecified atom stereocenters. The molecule has 0 bridgehead atoms. The molecular weight excluding hydrogens is 346 g/mol. The highest BCUT2D eigenvalue weighted by molar-refractivity contribution is 6.31. The summed E-state index contributed by atoms with van der Waals surface area (Å²) >= 11 is 5.93. The molecule has 3 rings (SSSR count). The highest BCUT2D eigenvalue weighted by Gasteiger charge is 2.11. The number of anilines is 1. The number of nitrogens with zero attached hydrogens (tertiary/aromatic N) is 2. The first kappa shape index (κ1) is 16.8. The minimum Gasteiger partial charge on any atom is -0.495 e. The number of halogens is 1. The molecule has 0 aliphatic rings. The van der Waals surface area contributed by atoms with Gasteiger partial charge in [0, 0.05) is 11.1 Å². The number of carbonyl (C=O) groups is 1. The second-order valence-corrected chi connectivity index (χ2v) is 5.55. The Bertz CT molecular complexity index is 951. The van der Waals surface area contributed by atoms with Gasteiger partial charge in [-0.2, -0.15) is 0 Å². The van der Waals surface area contributed by atoms with E-state index in [1.165, 1.54) is 30.3 Å². The summed E-state index contributed by atoms with van der Waals surface area (Å²) in [5.41, 5.74) is 0.464. The Morgan fingerprint density at radius 3 is 2.88 bits per heavy atom. The Balaban J connectivity index is 1.75. The maximum Gasteiger partial charge on any atom is 0.254 e. The van der Waals surface area contributed by atoms with E-state index in [0.29, 0.717) is 27.9 Å². The van der Waals surface area contributed by atoms with Crippen LogP contribution >= 0.6 is 11.6 Å². The average Bonchev–Trinajstić information content (AvgIpc) is 3.11. The van der Waals surface area contributed by atoms with Gasteiger partial charge >= 0.3 is 0 Å². The zero-order chi connectivity index (χ0) is 17.8. The summed E-state index contributed by atoms with van der Waals surface area (Å²) < 4.78 is 11.6. The van der Waals surface area contributed by atoms with Gasteiger partial charge in [-0.1, -0.05) is 11.6 Å². The van der Waals surface area contributed by atoms with Crippen LogP contribution in [0.25, 0.3) is 11.5 Å². The summed E-state index contributed by atoms with van der Waals surface area (Å²) in [5.74, 6) is 0.545. The van der Waals surface area contributed by atoms with Crippen molar-refractivity contribution in [2.24, 2.45) is 0 Å². The highest BCUT2D eigenvalue weighted by Crippen LogP contribution is 2.27. The number of hydrogen-bond donors (Lipinski definition) is 1. The molecule has 1 amide bonds. The number of rotatable bonds is 5. The van der Waals surface area contributed by atoms with Crippen LogP contribution in [-0.4, -0.2) is 22.6 Å². The molecular formula is C17H14ClN3O4. The summed E-state index contributed by atoms with van der Waals surface area (Å²) in [4.78, 5) is 28.5. The van der Waals surface area contributed by atoms with Crippen molar-refractivity contribution in [1.29, 1.82) is 0 Å². The van der Waals surface area contributed by atoms with Gasteiger partial charge in [0.1, 0.15) is 18.0 Å². The molecule has 25 heavy (non-hydrogen) atoms. The minimum absolute atomic E-state index is 0.195. The fraction of sp³-hybridized carbons (Fsp3) is 0.118. The van der Waals surface area contributed by atoms with Crippen LogP contribution in [0.15, 0.2) is 58.2 Å². The number of hydrogen-bond acceptors (Lipinski definition) is 5. The number of methoxy groups -OCH3 is 1. The first-order valence-corrected chi connectivity index (χ1v) is 7.68. The molecule has 1 aromatic carbocycles. The van der Waals surface area contributed by atoms with Crippen molar-refractivity contribution in [3.8, 4) is 17.2 Å². The predicted octanol–water partition coefficient (Wildman–Crippen LogP) is 2.80. The lowest BCUT2D eigenvalue weighted by atomic mass is 10.3. The summed E-state index contributed by atoms with van der Waals surface area (Å²) in [6.07, 6.45) is 2.79. The van der Waals surface area contributed by atoms with Gasteiger partial charge in [-0.15, -0.1) is 0 Å². The number of carbonyl (C=O) groups excluding carboxylic acids is 1. The molecule has 128 valence electrons. The number of furan rings is 1. The molecule has 0 aliphatic carbocycles. The third-order valence-corrected chi connectivity index (χ3v) is 3.64. The van der Waals surface area contributed by atoms with Crippen LogP contribution in [0.1, 0.15) is 0 Å². The van der Waals surface area contributed by atoms with Crippen LogP contribution in [0.3, 0.4) is 0 Å². The molecule has 2 aromatic heterocycles. The summed E-state index contributed by atoms with van der Waals surface area (Å²) in [6.45, 7) is -0.195. The van der Waals surface area contributed by atoms with Gasteiger partial charge in [0.15, 0.2) is 5.76 Å². The number of aromatic nitrogens is 2. The van der Waals surface area contributed by atoms with Crippen molar-refractivity contribution in [1.82, 2.24) is 9.55 Å². The van der Waals surface area contributed by atoms with Crippen LogP contribution in [0, 0.1) is 0 Å². The zero-order valence-electron chi connectivity index (χ0n) is 13.2. The molecule has 0 radical (unpaired) electrons. The van der Waals surface area contributed by atoms with Gasteiger partial charge < -0.3 is 14.5 Å². The van der Waals surface area contributed by atoms with Crippen molar-refractivity contribution < 1.29 is 13.9 Å². The van der Waals surface area contributed by atoms with E-state index in [2.05, 4.69) is 10.3 Å². The van der Waals surface area contributed by atoms with Crippen LogP contribution in [0.2, 0.25) is 5.02 Å². The molecule has 7 nitrogen and oxygen atoms in total. The van der Waals surface area contributed by atoms with Gasteiger partial charge in [-0.25, -0.2) is 4.98 Å². The van der Waals surface area contributed by atoms with E-state index in [4.69, 9.17) is 20.8 Å². The first-order valence-electron chi connectivity index (χ1n) is 7.30. The summed E-state index contributed by atoms with van der Waals surface area (Å²) in [6, 6.07) is 9.58. The normalized spacial score (nSPS) is 10.5. The Morgan fingerprint density at radius 1 is 1.36 bits per heavy atom. The van der Waals surface area contributed by atoms with Gasteiger partial charge in [-0.05, 0) is 30.3 Å². The third-order valence-electron chi connectivity index (χ3n) is 3.40. The highest BCUT2D eigenvalue weighted by atomic mass is 35.5. The maximum absolute atomic E-state index is 12.2. The monoisotopic (exact) mass is 359 g/mol. The van der Waals surface area contributed by atoms with Crippen molar-refractivity contribution >= 4 is 23.2 Å². The lowest BCUT2D eigenvalue weighted by Crippen LogP contribution is -2.27. The smallest absolute Gasteiger partial charge is 0.254 e. The Morgan fingerprint density at radius 2 is 2.20 bits per heavy atom. The second-order valence-electron chi connectivity index (χ2n) is 5.11. The lowest BCUT2D eigenvalue weighted by molar-refractivity contribution is -0.116. The van der Waals surface area contributed by atoms with Crippen LogP contribution in [-0.2, 0) is 11.3 Å². The van der Waals surface area contributed by atoms with Crippen LogP contribution in [0.4, 0.5) is 5.69 Å². The quantitative estimate of drug-likeness (QED) is 0.757.